The highest BCUT2D eigenvalue weighted by Crippen LogP contribution is 2.15. The second-order valence-electron chi connectivity index (χ2n) is 5.55. The molecular weight excluding hydrogens is 324 g/mol. The number of anilines is 1. The van der Waals surface area contributed by atoms with Crippen molar-refractivity contribution < 1.29 is 9.53 Å². The molecule has 0 saturated carbocycles. The molecule has 0 aliphatic heterocycles. The fourth-order valence-electron chi connectivity index (χ4n) is 2.26. The Morgan fingerprint density at radius 3 is 2.46 bits per heavy atom. The van der Waals surface area contributed by atoms with Gasteiger partial charge in [0.05, 0.1) is 12.5 Å². The Labute approximate surface area is 149 Å². The lowest BCUT2D eigenvalue weighted by Gasteiger charge is -2.13. The molecule has 1 atom stereocenters. The highest BCUT2D eigenvalue weighted by atomic mass is 35.5. The fourth-order valence-corrected chi connectivity index (χ4v) is 2.26. The first-order chi connectivity index (χ1) is 11.1. The van der Waals surface area contributed by atoms with Gasteiger partial charge in [0.15, 0.2) is 0 Å². The number of ether oxygens (including phenoxy) is 1. The molecule has 2 rings (SSSR count). The number of nitrogen functional groups attached to an aromatic ring is 1. The van der Waals surface area contributed by atoms with Crippen molar-refractivity contribution in [1.82, 2.24) is 5.32 Å². The Morgan fingerprint density at radius 1 is 1.12 bits per heavy atom. The van der Waals surface area contributed by atoms with Crippen molar-refractivity contribution >= 4 is 24.0 Å². The van der Waals surface area contributed by atoms with E-state index in [2.05, 4.69) is 17.4 Å². The molecule has 0 bridgehead atoms. The summed E-state index contributed by atoms with van der Waals surface area (Å²) in [5.74, 6) is 0.0193. The second-order valence-corrected chi connectivity index (χ2v) is 5.55. The van der Waals surface area contributed by atoms with Gasteiger partial charge in [-0.2, -0.15) is 0 Å². The van der Waals surface area contributed by atoms with E-state index in [0.29, 0.717) is 25.3 Å². The zero-order valence-corrected chi connectivity index (χ0v) is 14.7. The number of amides is 1. The van der Waals surface area contributed by atoms with Gasteiger partial charge in [0.1, 0.15) is 0 Å². The van der Waals surface area contributed by atoms with Crippen LogP contribution in [0.15, 0.2) is 54.6 Å². The quantitative estimate of drug-likeness (QED) is 0.566. The first-order valence-electron chi connectivity index (χ1n) is 7.93. The average molecular weight is 349 g/mol. The summed E-state index contributed by atoms with van der Waals surface area (Å²) in [6.45, 7) is 3.28. The molecule has 5 heteroatoms. The highest BCUT2D eigenvalue weighted by molar-refractivity contribution is 5.85. The van der Waals surface area contributed by atoms with Gasteiger partial charge >= 0.3 is 0 Å². The van der Waals surface area contributed by atoms with Gasteiger partial charge in [-0.3, -0.25) is 4.79 Å². The number of carbonyl (C=O) groups excluding carboxylic acids is 1. The molecule has 0 fully saturated rings. The first-order valence-corrected chi connectivity index (χ1v) is 7.93. The monoisotopic (exact) mass is 348 g/mol. The van der Waals surface area contributed by atoms with Gasteiger partial charge in [-0.25, -0.2) is 0 Å². The van der Waals surface area contributed by atoms with Crippen LogP contribution < -0.4 is 11.1 Å². The highest BCUT2D eigenvalue weighted by Gasteiger charge is 2.05. The van der Waals surface area contributed by atoms with E-state index in [4.69, 9.17) is 10.5 Å². The number of benzene rings is 2. The van der Waals surface area contributed by atoms with Crippen LogP contribution in [0.3, 0.4) is 0 Å². The maximum absolute atomic E-state index is 11.8. The maximum atomic E-state index is 11.8. The summed E-state index contributed by atoms with van der Waals surface area (Å²) in [6.07, 6.45) is 1.24. The number of halogens is 1. The molecule has 4 nitrogen and oxygen atoms in total. The van der Waals surface area contributed by atoms with E-state index in [1.807, 2.05) is 37.3 Å². The number of nitrogens with one attached hydrogen (secondary N) is 1. The summed E-state index contributed by atoms with van der Waals surface area (Å²) in [5.41, 5.74) is 8.46. The summed E-state index contributed by atoms with van der Waals surface area (Å²) in [4.78, 5) is 11.8. The molecule has 2 aromatic carbocycles. The van der Waals surface area contributed by atoms with E-state index >= 15 is 0 Å². The Bertz CT molecular complexity index is 603. The number of rotatable bonds is 8. The number of nitrogens with two attached hydrogens (primary N) is 1. The Balaban J connectivity index is 0.00000288. The minimum Gasteiger partial charge on any atom is -0.399 e. The minimum absolute atomic E-state index is 0. The molecule has 3 N–H and O–H groups in total. The maximum Gasteiger partial charge on any atom is 0.224 e. The van der Waals surface area contributed by atoms with E-state index in [9.17, 15) is 4.79 Å². The Hall–Kier alpha value is -2.04. The van der Waals surface area contributed by atoms with Crippen LogP contribution in [0.25, 0.3) is 0 Å². The SMILES string of the molecule is CC(OCCCNC(=O)Cc1ccc(N)cc1)c1ccccc1.Cl. The molecule has 1 unspecified atom stereocenters. The predicted octanol–water partition coefficient (Wildman–Crippen LogP) is 3.52. The summed E-state index contributed by atoms with van der Waals surface area (Å²) in [5, 5.41) is 2.91. The van der Waals surface area contributed by atoms with E-state index in [1.54, 1.807) is 12.1 Å². The second kappa shape index (κ2) is 10.7. The van der Waals surface area contributed by atoms with Crippen LogP contribution in [0.2, 0.25) is 0 Å². The molecule has 0 radical (unpaired) electrons. The fraction of sp³-hybridized carbons (Fsp3) is 0.316. The third-order valence-electron chi connectivity index (χ3n) is 3.62. The number of hydrogen-bond acceptors (Lipinski definition) is 3. The van der Waals surface area contributed by atoms with Gasteiger partial charge in [0.2, 0.25) is 5.91 Å². The molecule has 0 aliphatic rings. The van der Waals surface area contributed by atoms with Crippen molar-refractivity contribution in [1.29, 1.82) is 0 Å². The van der Waals surface area contributed by atoms with Gasteiger partial charge < -0.3 is 15.8 Å². The summed E-state index contributed by atoms with van der Waals surface area (Å²) < 4.78 is 5.78. The molecule has 130 valence electrons. The van der Waals surface area contributed by atoms with Crippen LogP contribution >= 0.6 is 12.4 Å². The van der Waals surface area contributed by atoms with E-state index in [1.165, 1.54) is 5.56 Å². The zero-order valence-electron chi connectivity index (χ0n) is 13.9. The van der Waals surface area contributed by atoms with Crippen LogP contribution in [0.1, 0.15) is 30.6 Å². The van der Waals surface area contributed by atoms with Crippen molar-refractivity contribution in [2.45, 2.75) is 25.9 Å². The number of carbonyl (C=O) groups is 1. The lowest BCUT2D eigenvalue weighted by Crippen LogP contribution is -2.26. The zero-order chi connectivity index (χ0) is 16.5. The topological polar surface area (TPSA) is 64.3 Å². The average Bonchev–Trinajstić information content (AvgIpc) is 2.57. The van der Waals surface area contributed by atoms with Crippen molar-refractivity contribution in [3.05, 3.63) is 65.7 Å². The first kappa shape index (κ1) is 20.0. The largest absolute Gasteiger partial charge is 0.399 e. The van der Waals surface area contributed by atoms with Crippen molar-refractivity contribution in [2.24, 2.45) is 0 Å². The third kappa shape index (κ3) is 7.02. The van der Waals surface area contributed by atoms with Crippen LogP contribution in [-0.4, -0.2) is 19.1 Å². The minimum atomic E-state index is 0. The predicted molar refractivity (Wildman–Crippen MR) is 100 cm³/mol. The molecule has 2 aromatic rings. The van der Waals surface area contributed by atoms with Gasteiger partial charge in [0.25, 0.3) is 0 Å². The normalized spacial score (nSPS) is 11.4. The summed E-state index contributed by atoms with van der Waals surface area (Å²) in [7, 11) is 0. The molecule has 0 saturated heterocycles. The third-order valence-corrected chi connectivity index (χ3v) is 3.62. The standard InChI is InChI=1S/C19H24N2O2.ClH/c1-15(17-6-3-2-4-7-17)23-13-5-12-21-19(22)14-16-8-10-18(20)11-9-16;/h2-4,6-11,15H,5,12-14,20H2,1H3,(H,21,22);1H. The number of hydrogen-bond donors (Lipinski definition) is 2. The molecule has 0 heterocycles. The van der Waals surface area contributed by atoms with Gasteiger partial charge in [-0.1, -0.05) is 42.5 Å². The molecule has 0 aromatic heterocycles. The Kier molecular flexibility index (Phi) is 8.90. The van der Waals surface area contributed by atoms with Crippen LogP contribution in [0.4, 0.5) is 5.69 Å². The van der Waals surface area contributed by atoms with Gasteiger partial charge in [-0.15, -0.1) is 12.4 Å². The Morgan fingerprint density at radius 2 is 1.79 bits per heavy atom. The van der Waals surface area contributed by atoms with Crippen molar-refractivity contribution in [3.8, 4) is 0 Å². The van der Waals surface area contributed by atoms with Gasteiger partial charge in [0, 0.05) is 18.8 Å². The summed E-state index contributed by atoms with van der Waals surface area (Å²) >= 11 is 0. The van der Waals surface area contributed by atoms with Crippen molar-refractivity contribution in [3.63, 3.8) is 0 Å². The van der Waals surface area contributed by atoms with Gasteiger partial charge in [-0.05, 0) is 36.6 Å². The summed E-state index contributed by atoms with van der Waals surface area (Å²) in [6, 6.07) is 17.5. The van der Waals surface area contributed by atoms with Crippen molar-refractivity contribution in [2.75, 3.05) is 18.9 Å². The molecule has 24 heavy (non-hydrogen) atoms. The molecular formula is C19H25ClN2O2. The smallest absolute Gasteiger partial charge is 0.224 e. The van der Waals surface area contributed by atoms with E-state index < -0.39 is 0 Å². The lowest BCUT2D eigenvalue weighted by molar-refractivity contribution is -0.120. The van der Waals surface area contributed by atoms with Crippen LogP contribution in [0.5, 0.6) is 0 Å². The molecule has 1 amide bonds. The van der Waals surface area contributed by atoms with E-state index in [-0.39, 0.29) is 24.4 Å². The molecule has 0 spiro atoms. The van der Waals surface area contributed by atoms with E-state index in [0.717, 1.165) is 12.0 Å². The van der Waals surface area contributed by atoms with Crippen LogP contribution in [0, 0.1) is 0 Å². The van der Waals surface area contributed by atoms with Crippen LogP contribution in [-0.2, 0) is 16.0 Å². The lowest BCUT2D eigenvalue weighted by atomic mass is 10.1. The molecule has 0 aliphatic carbocycles.